The Kier molecular flexibility index (Phi) is 3.01. The Balaban J connectivity index is 2.13. The number of hydrogen-bond acceptors (Lipinski definition) is 3. The largest absolute Gasteiger partial charge is 0.361 e. The topological polar surface area (TPSA) is 29.9 Å². The minimum atomic E-state index is 0.314. The molecule has 86 valence electrons. The van der Waals surface area contributed by atoms with Gasteiger partial charge in [-0.25, -0.2) is 0 Å². The predicted octanol–water partition coefficient (Wildman–Crippen LogP) is 3.27. The van der Waals surface area contributed by atoms with Gasteiger partial charge >= 0.3 is 0 Å². The maximum absolute atomic E-state index is 4.40. The van der Waals surface area contributed by atoms with E-state index in [1.54, 1.807) is 11.3 Å². The van der Waals surface area contributed by atoms with Crippen LogP contribution < -0.4 is 5.32 Å². The van der Waals surface area contributed by atoms with Crippen LogP contribution in [-0.4, -0.2) is 9.78 Å². The van der Waals surface area contributed by atoms with Crippen molar-refractivity contribution < 1.29 is 0 Å². The summed E-state index contributed by atoms with van der Waals surface area (Å²) in [5.74, 6) is 0.945. The molecule has 0 aromatic carbocycles. The normalized spacial score (nSPS) is 12.8. The van der Waals surface area contributed by atoms with Crippen molar-refractivity contribution in [2.75, 3.05) is 5.32 Å². The highest BCUT2D eigenvalue weighted by Crippen LogP contribution is 2.26. The smallest absolute Gasteiger partial charge is 0.148 e. The van der Waals surface area contributed by atoms with E-state index in [-0.39, 0.29) is 0 Å². The number of hydrogen-bond donors (Lipinski definition) is 1. The van der Waals surface area contributed by atoms with E-state index in [1.165, 1.54) is 10.4 Å². The second kappa shape index (κ2) is 4.29. The van der Waals surface area contributed by atoms with Crippen LogP contribution in [0, 0.1) is 13.8 Å². The molecule has 4 heteroatoms. The van der Waals surface area contributed by atoms with Crippen molar-refractivity contribution in [2.45, 2.75) is 26.8 Å². The van der Waals surface area contributed by atoms with Crippen LogP contribution in [0.25, 0.3) is 0 Å². The van der Waals surface area contributed by atoms with Gasteiger partial charge in [0.25, 0.3) is 0 Å². The number of nitrogens with zero attached hydrogens (tertiary/aromatic N) is 2. The fraction of sp³-hybridized carbons (Fsp3) is 0.417. The van der Waals surface area contributed by atoms with E-state index in [1.807, 2.05) is 11.7 Å². The average molecular weight is 235 g/mol. The van der Waals surface area contributed by atoms with Crippen LogP contribution >= 0.6 is 11.3 Å². The van der Waals surface area contributed by atoms with E-state index in [0.29, 0.717) is 6.04 Å². The first-order chi connectivity index (χ1) is 7.58. The minimum Gasteiger partial charge on any atom is -0.361 e. The molecule has 0 amide bonds. The Morgan fingerprint density at radius 3 is 2.69 bits per heavy atom. The van der Waals surface area contributed by atoms with Crippen molar-refractivity contribution in [1.29, 1.82) is 0 Å². The molecule has 0 saturated carbocycles. The first kappa shape index (κ1) is 11.2. The molecule has 0 saturated heterocycles. The van der Waals surface area contributed by atoms with Gasteiger partial charge < -0.3 is 5.32 Å². The number of nitrogens with one attached hydrogen (secondary N) is 1. The lowest BCUT2D eigenvalue weighted by atomic mass is 10.2. The Hall–Kier alpha value is -1.29. The van der Waals surface area contributed by atoms with E-state index in [2.05, 4.69) is 48.7 Å². The number of rotatable bonds is 3. The molecular formula is C12H17N3S. The quantitative estimate of drug-likeness (QED) is 0.885. The summed E-state index contributed by atoms with van der Waals surface area (Å²) in [6.07, 6.45) is 0. The molecule has 3 nitrogen and oxygen atoms in total. The minimum absolute atomic E-state index is 0.314. The maximum Gasteiger partial charge on any atom is 0.148 e. The van der Waals surface area contributed by atoms with Crippen molar-refractivity contribution in [1.82, 2.24) is 9.78 Å². The molecule has 2 aromatic heterocycles. The van der Waals surface area contributed by atoms with Gasteiger partial charge in [-0.05, 0) is 37.8 Å². The monoisotopic (exact) mass is 235 g/mol. The zero-order valence-corrected chi connectivity index (χ0v) is 10.9. The lowest BCUT2D eigenvalue weighted by molar-refractivity contribution is 0.736. The Bertz CT molecular complexity index is 465. The Morgan fingerprint density at radius 1 is 1.44 bits per heavy atom. The fourth-order valence-corrected chi connectivity index (χ4v) is 2.68. The average Bonchev–Trinajstić information content (AvgIpc) is 2.74. The van der Waals surface area contributed by atoms with Crippen LogP contribution in [0.1, 0.15) is 29.1 Å². The molecule has 2 rings (SSSR count). The summed E-state index contributed by atoms with van der Waals surface area (Å²) in [6, 6.07) is 4.54. The molecule has 0 bridgehead atoms. The number of anilines is 1. The molecule has 0 aliphatic heterocycles. The zero-order chi connectivity index (χ0) is 11.7. The molecule has 0 fully saturated rings. The fourth-order valence-electron chi connectivity index (χ4n) is 1.75. The van der Waals surface area contributed by atoms with Gasteiger partial charge in [-0.2, -0.15) is 5.10 Å². The van der Waals surface area contributed by atoms with Crippen molar-refractivity contribution >= 4 is 17.2 Å². The highest BCUT2D eigenvalue weighted by Gasteiger charge is 2.11. The highest BCUT2D eigenvalue weighted by atomic mass is 32.1. The third kappa shape index (κ3) is 2.11. The molecule has 0 radical (unpaired) electrons. The van der Waals surface area contributed by atoms with Crippen LogP contribution in [0.5, 0.6) is 0 Å². The summed E-state index contributed by atoms with van der Waals surface area (Å²) < 4.78 is 1.89. The summed E-state index contributed by atoms with van der Waals surface area (Å²) in [5, 5.41) is 9.96. The lowest BCUT2D eigenvalue weighted by Gasteiger charge is -2.12. The van der Waals surface area contributed by atoms with E-state index in [0.717, 1.165) is 11.5 Å². The third-order valence-corrected chi connectivity index (χ3v) is 3.97. The van der Waals surface area contributed by atoms with Crippen molar-refractivity contribution in [2.24, 2.45) is 7.05 Å². The van der Waals surface area contributed by atoms with Gasteiger partial charge in [0.2, 0.25) is 0 Å². The molecule has 16 heavy (non-hydrogen) atoms. The number of aryl methyl sites for hydroxylation is 3. The summed E-state index contributed by atoms with van der Waals surface area (Å²) in [5.41, 5.74) is 2.51. The van der Waals surface area contributed by atoms with E-state index in [9.17, 15) is 0 Å². The zero-order valence-electron chi connectivity index (χ0n) is 10.1. The highest BCUT2D eigenvalue weighted by molar-refractivity contribution is 7.10. The molecule has 2 heterocycles. The van der Waals surface area contributed by atoms with Crippen LogP contribution in [-0.2, 0) is 7.05 Å². The van der Waals surface area contributed by atoms with Crippen LogP contribution in [0.3, 0.4) is 0 Å². The van der Waals surface area contributed by atoms with Gasteiger partial charge in [-0.1, -0.05) is 0 Å². The van der Waals surface area contributed by atoms with Gasteiger partial charge in [0, 0.05) is 23.7 Å². The van der Waals surface area contributed by atoms with E-state index >= 15 is 0 Å². The summed E-state index contributed by atoms with van der Waals surface area (Å²) in [7, 11) is 1.96. The third-order valence-electron chi connectivity index (χ3n) is 2.77. The van der Waals surface area contributed by atoms with E-state index < -0.39 is 0 Å². The van der Waals surface area contributed by atoms with Crippen LogP contribution in [0.15, 0.2) is 17.5 Å². The molecule has 0 aliphatic rings. The van der Waals surface area contributed by atoms with Gasteiger partial charge in [-0.15, -0.1) is 11.3 Å². The van der Waals surface area contributed by atoms with Gasteiger partial charge in [0.15, 0.2) is 0 Å². The first-order valence-electron chi connectivity index (χ1n) is 5.39. The van der Waals surface area contributed by atoms with Crippen molar-refractivity contribution in [3.05, 3.63) is 33.6 Å². The number of thiophene rings is 1. The number of aromatic nitrogens is 2. The summed E-state index contributed by atoms with van der Waals surface area (Å²) in [4.78, 5) is 1.38. The Morgan fingerprint density at radius 2 is 2.19 bits per heavy atom. The molecule has 1 N–H and O–H groups in total. The standard InChI is InChI=1S/C12H17N3S/c1-8-5-6-16-12(8)10(3)13-11-7-9(2)15(4)14-11/h5-7,10H,1-4H3,(H,13,14). The first-order valence-corrected chi connectivity index (χ1v) is 6.27. The maximum atomic E-state index is 4.40. The van der Waals surface area contributed by atoms with E-state index in [4.69, 9.17) is 0 Å². The van der Waals surface area contributed by atoms with Crippen molar-refractivity contribution in [3.63, 3.8) is 0 Å². The van der Waals surface area contributed by atoms with Gasteiger partial charge in [0.05, 0.1) is 6.04 Å². The van der Waals surface area contributed by atoms with Gasteiger partial charge in [0.1, 0.15) is 5.82 Å². The molecular weight excluding hydrogens is 218 g/mol. The second-order valence-electron chi connectivity index (χ2n) is 4.13. The molecule has 1 atom stereocenters. The van der Waals surface area contributed by atoms with Crippen LogP contribution in [0.2, 0.25) is 0 Å². The summed E-state index contributed by atoms with van der Waals surface area (Å²) in [6.45, 7) is 6.37. The molecule has 1 unspecified atom stereocenters. The predicted molar refractivity (Wildman–Crippen MR) is 69.0 cm³/mol. The van der Waals surface area contributed by atoms with Crippen LogP contribution in [0.4, 0.5) is 5.82 Å². The van der Waals surface area contributed by atoms with Crippen molar-refractivity contribution in [3.8, 4) is 0 Å². The molecule has 2 aromatic rings. The molecule has 0 spiro atoms. The Labute approximate surface area is 100 Å². The lowest BCUT2D eigenvalue weighted by Crippen LogP contribution is -2.06. The SMILES string of the molecule is Cc1ccsc1C(C)Nc1cc(C)n(C)n1. The molecule has 0 aliphatic carbocycles. The van der Waals surface area contributed by atoms with Gasteiger partial charge in [-0.3, -0.25) is 4.68 Å². The second-order valence-corrected chi connectivity index (χ2v) is 5.08. The summed E-state index contributed by atoms with van der Waals surface area (Å²) >= 11 is 1.79.